The van der Waals surface area contributed by atoms with Gasteiger partial charge in [-0.1, -0.05) is 12.8 Å². The number of carboxylic acid groups (broad SMARTS) is 1. The Morgan fingerprint density at radius 1 is 0.968 bits per heavy atom. The van der Waals surface area contributed by atoms with Gasteiger partial charge >= 0.3 is 12.1 Å². The number of piperazine rings is 1. The zero-order chi connectivity index (χ0) is 21.9. The molecule has 1 heterocycles. The van der Waals surface area contributed by atoms with Crippen LogP contribution in [0.25, 0.3) is 0 Å². The Labute approximate surface area is 186 Å². The molecule has 6 aliphatic rings. The van der Waals surface area contributed by atoms with Crippen LogP contribution in [-0.2, 0) is 0 Å². The minimum atomic E-state index is -0.796. The van der Waals surface area contributed by atoms with Crippen LogP contribution in [0.5, 0.6) is 0 Å². The van der Waals surface area contributed by atoms with Crippen molar-refractivity contribution >= 4 is 12.1 Å². The quantitative estimate of drug-likeness (QED) is 0.696. The number of rotatable bonds is 2. The molecule has 5 aliphatic carbocycles. The van der Waals surface area contributed by atoms with Crippen molar-refractivity contribution in [1.29, 1.82) is 0 Å². The highest BCUT2D eigenvalue weighted by Gasteiger charge is 2.58. The van der Waals surface area contributed by atoms with Crippen molar-refractivity contribution in [2.24, 2.45) is 23.0 Å². The van der Waals surface area contributed by atoms with Crippen molar-refractivity contribution in [2.45, 2.75) is 88.1 Å². The standard InChI is InChI=1S/C24H40N4O3/c1-26(23-11-8-22(16-25,9-12-23)10-13-23)20(29)27-14-15-28(21(30)31)24(17-27)18-4-2-5-19(24)7-3-6-18/h18-19H,2-17,25H2,1H3,(H,30,31). The van der Waals surface area contributed by atoms with Crippen molar-refractivity contribution in [1.82, 2.24) is 14.7 Å². The molecule has 0 radical (unpaired) electrons. The number of nitrogens with two attached hydrogens (primary N) is 1. The third kappa shape index (κ3) is 3.09. The van der Waals surface area contributed by atoms with Crippen LogP contribution < -0.4 is 5.73 Å². The maximum Gasteiger partial charge on any atom is 0.407 e. The van der Waals surface area contributed by atoms with E-state index in [1.54, 1.807) is 4.90 Å². The molecular weight excluding hydrogens is 392 g/mol. The molecule has 0 aromatic carbocycles. The van der Waals surface area contributed by atoms with E-state index in [1.807, 2.05) is 11.9 Å². The lowest BCUT2D eigenvalue weighted by Crippen LogP contribution is -2.73. The van der Waals surface area contributed by atoms with Crippen LogP contribution in [0.4, 0.5) is 9.59 Å². The third-order valence-corrected chi connectivity index (χ3v) is 10.5. The van der Waals surface area contributed by atoms with Crippen LogP contribution in [0.3, 0.4) is 0 Å². The Balaban J connectivity index is 1.38. The van der Waals surface area contributed by atoms with E-state index in [4.69, 9.17) is 5.73 Å². The third-order valence-electron chi connectivity index (χ3n) is 10.5. The van der Waals surface area contributed by atoms with Gasteiger partial charge in [0.25, 0.3) is 0 Å². The summed E-state index contributed by atoms with van der Waals surface area (Å²) in [4.78, 5) is 31.9. The van der Waals surface area contributed by atoms with Gasteiger partial charge in [0.05, 0.1) is 5.54 Å². The van der Waals surface area contributed by atoms with Crippen LogP contribution in [0, 0.1) is 17.3 Å². The Morgan fingerprint density at radius 2 is 1.52 bits per heavy atom. The highest BCUT2D eigenvalue weighted by atomic mass is 16.4. The number of hydrogen-bond acceptors (Lipinski definition) is 3. The highest BCUT2D eigenvalue weighted by Crippen LogP contribution is 2.55. The molecule has 0 unspecified atom stereocenters. The highest BCUT2D eigenvalue weighted by molar-refractivity contribution is 5.76. The SMILES string of the molecule is CN(C(=O)N1CCN(C(=O)O)C2(C1)C1CCCC2CCC1)C12CCC(CN)(CC1)CC2. The van der Waals surface area contributed by atoms with Gasteiger partial charge in [-0.15, -0.1) is 0 Å². The predicted molar refractivity (Wildman–Crippen MR) is 119 cm³/mol. The molecule has 3 amide bonds. The summed E-state index contributed by atoms with van der Waals surface area (Å²) in [6.45, 7) is 2.31. The van der Waals surface area contributed by atoms with Crippen molar-refractivity contribution in [2.75, 3.05) is 33.2 Å². The molecular formula is C24H40N4O3. The summed E-state index contributed by atoms with van der Waals surface area (Å²) in [6.07, 6.45) is 12.5. The van der Waals surface area contributed by atoms with E-state index < -0.39 is 6.09 Å². The summed E-state index contributed by atoms with van der Waals surface area (Å²) in [7, 11) is 2.00. The molecule has 4 bridgehead atoms. The van der Waals surface area contributed by atoms with Gasteiger partial charge in [-0.05, 0) is 88.0 Å². The zero-order valence-corrected chi connectivity index (χ0v) is 19.2. The fraction of sp³-hybridized carbons (Fsp3) is 0.917. The summed E-state index contributed by atoms with van der Waals surface area (Å²) in [6, 6.07) is 0.121. The van der Waals surface area contributed by atoms with E-state index in [0.717, 1.165) is 70.8 Å². The predicted octanol–water partition coefficient (Wildman–Crippen LogP) is 3.72. The van der Waals surface area contributed by atoms with Crippen LogP contribution in [0.1, 0.15) is 77.0 Å². The molecule has 0 aromatic heterocycles. The van der Waals surface area contributed by atoms with Gasteiger partial charge in [0.15, 0.2) is 0 Å². The van der Waals surface area contributed by atoms with Crippen LogP contribution in [0.2, 0.25) is 0 Å². The fourth-order valence-corrected chi connectivity index (χ4v) is 8.35. The summed E-state index contributed by atoms with van der Waals surface area (Å²) in [5.74, 6) is 0.786. The summed E-state index contributed by atoms with van der Waals surface area (Å²) < 4.78 is 0. The first-order valence-electron chi connectivity index (χ1n) is 12.6. The molecule has 0 atom stereocenters. The number of carbonyl (C=O) groups is 2. The van der Waals surface area contributed by atoms with Crippen molar-refractivity contribution < 1.29 is 14.7 Å². The normalized spacial score (nSPS) is 42.0. The maximum absolute atomic E-state index is 13.8. The molecule has 174 valence electrons. The summed E-state index contributed by atoms with van der Waals surface area (Å²) in [5.41, 5.74) is 5.99. The fourth-order valence-electron chi connectivity index (χ4n) is 8.35. The van der Waals surface area contributed by atoms with Crippen molar-refractivity contribution in [3.8, 4) is 0 Å². The van der Waals surface area contributed by atoms with Gasteiger partial charge in [0.1, 0.15) is 0 Å². The molecule has 5 saturated carbocycles. The first kappa shape index (κ1) is 21.4. The molecule has 7 heteroatoms. The summed E-state index contributed by atoms with van der Waals surface area (Å²) in [5, 5.41) is 10.1. The minimum absolute atomic E-state index is 0.0342. The number of nitrogens with zero attached hydrogens (tertiary/aromatic N) is 3. The zero-order valence-electron chi connectivity index (χ0n) is 19.2. The van der Waals surface area contributed by atoms with E-state index in [0.29, 0.717) is 36.9 Å². The Bertz CT molecular complexity index is 694. The van der Waals surface area contributed by atoms with E-state index in [9.17, 15) is 14.7 Å². The molecule has 7 nitrogen and oxygen atoms in total. The van der Waals surface area contributed by atoms with Crippen molar-refractivity contribution in [3.63, 3.8) is 0 Å². The molecule has 0 aromatic rings. The van der Waals surface area contributed by atoms with Gasteiger partial charge in [0, 0.05) is 32.2 Å². The van der Waals surface area contributed by atoms with Crippen LogP contribution >= 0.6 is 0 Å². The second kappa shape index (κ2) is 7.53. The van der Waals surface area contributed by atoms with E-state index >= 15 is 0 Å². The van der Waals surface area contributed by atoms with Crippen molar-refractivity contribution in [3.05, 3.63) is 0 Å². The molecule has 6 rings (SSSR count). The average molecular weight is 433 g/mol. The van der Waals surface area contributed by atoms with Gasteiger partial charge in [-0.3, -0.25) is 4.90 Å². The first-order valence-corrected chi connectivity index (χ1v) is 12.6. The molecule has 31 heavy (non-hydrogen) atoms. The molecule has 1 saturated heterocycles. The average Bonchev–Trinajstić information content (AvgIpc) is 2.78. The second-order valence-corrected chi connectivity index (χ2v) is 11.4. The lowest BCUT2D eigenvalue weighted by Gasteiger charge is -2.62. The van der Waals surface area contributed by atoms with Gasteiger partial charge in [-0.25, -0.2) is 9.59 Å². The maximum atomic E-state index is 13.8. The Kier molecular flexibility index (Phi) is 5.19. The number of urea groups is 1. The lowest BCUT2D eigenvalue weighted by atomic mass is 9.57. The molecule has 3 N–H and O–H groups in total. The Hall–Kier alpha value is -1.50. The molecule has 1 aliphatic heterocycles. The van der Waals surface area contributed by atoms with Gasteiger partial charge in [0.2, 0.25) is 0 Å². The van der Waals surface area contributed by atoms with E-state index in [1.165, 1.54) is 12.8 Å². The topological polar surface area (TPSA) is 90.1 Å². The van der Waals surface area contributed by atoms with Gasteiger partial charge < -0.3 is 20.6 Å². The van der Waals surface area contributed by atoms with Crippen LogP contribution in [-0.4, -0.2) is 76.2 Å². The van der Waals surface area contributed by atoms with Crippen LogP contribution in [0.15, 0.2) is 0 Å². The number of amides is 3. The van der Waals surface area contributed by atoms with Gasteiger partial charge in [-0.2, -0.15) is 0 Å². The van der Waals surface area contributed by atoms with E-state index in [2.05, 4.69) is 4.90 Å². The monoisotopic (exact) mass is 432 g/mol. The largest absolute Gasteiger partial charge is 0.465 e. The smallest absolute Gasteiger partial charge is 0.407 e. The number of hydrogen-bond donors (Lipinski definition) is 2. The number of fused-ring (bicyclic) bond motifs is 3. The first-order chi connectivity index (χ1) is 14.9. The Morgan fingerprint density at radius 3 is 2.00 bits per heavy atom. The second-order valence-electron chi connectivity index (χ2n) is 11.4. The van der Waals surface area contributed by atoms with E-state index in [-0.39, 0.29) is 17.1 Å². The number of carbonyl (C=O) groups excluding carboxylic acids is 1. The lowest BCUT2D eigenvalue weighted by molar-refractivity contribution is -0.1000. The summed E-state index contributed by atoms with van der Waals surface area (Å²) >= 11 is 0. The molecule has 1 spiro atoms. The molecule has 6 fully saturated rings. The minimum Gasteiger partial charge on any atom is -0.465 e.